The lowest BCUT2D eigenvalue weighted by Gasteiger charge is -2.16. The van der Waals surface area contributed by atoms with Crippen LogP contribution in [0.15, 0.2) is 41.3 Å². The Morgan fingerprint density at radius 3 is 2.78 bits per heavy atom. The lowest BCUT2D eigenvalue weighted by Crippen LogP contribution is -2.20. The Morgan fingerprint density at radius 1 is 1.33 bits per heavy atom. The van der Waals surface area contributed by atoms with E-state index in [9.17, 15) is 0 Å². The summed E-state index contributed by atoms with van der Waals surface area (Å²) < 4.78 is 0.974. The lowest BCUT2D eigenvalue weighted by atomic mass is 10.0. The quantitative estimate of drug-likeness (QED) is 0.910. The van der Waals surface area contributed by atoms with Crippen LogP contribution in [0.1, 0.15) is 17.3 Å². The zero-order valence-corrected chi connectivity index (χ0v) is 11.7. The van der Waals surface area contributed by atoms with E-state index in [0.29, 0.717) is 0 Å². The fourth-order valence-electron chi connectivity index (χ4n) is 1.78. The van der Waals surface area contributed by atoms with Gasteiger partial charge in [-0.2, -0.15) is 0 Å². The fourth-order valence-corrected chi connectivity index (χ4v) is 2.01. The van der Waals surface area contributed by atoms with Gasteiger partial charge in [0.25, 0.3) is 0 Å². The Bertz CT molecular complexity index is 513. The number of nitrogens with one attached hydrogen (secondary N) is 1. The second-order valence-corrected chi connectivity index (χ2v) is 4.94. The van der Waals surface area contributed by atoms with Crippen LogP contribution in [-0.4, -0.2) is 17.0 Å². The third kappa shape index (κ3) is 3.05. The molecule has 5 heteroatoms. The summed E-state index contributed by atoms with van der Waals surface area (Å²) in [5, 5.41) is 3.25. The average Bonchev–Trinajstić information content (AvgIpc) is 2.39. The van der Waals surface area contributed by atoms with Crippen molar-refractivity contribution >= 4 is 21.6 Å². The molecule has 4 nitrogen and oxygen atoms in total. The van der Waals surface area contributed by atoms with E-state index in [4.69, 9.17) is 5.73 Å². The molecule has 0 saturated carbocycles. The number of likely N-dealkylation sites (N-methyl/N-ethyl adjacent to an activating group) is 1. The number of anilines is 1. The molecular weight excluding hydrogens is 292 g/mol. The molecule has 18 heavy (non-hydrogen) atoms. The maximum absolute atomic E-state index is 5.93. The van der Waals surface area contributed by atoms with Gasteiger partial charge in [-0.1, -0.05) is 0 Å². The first-order valence-electron chi connectivity index (χ1n) is 5.68. The van der Waals surface area contributed by atoms with Crippen molar-refractivity contribution in [2.45, 2.75) is 12.5 Å². The molecule has 94 valence electrons. The van der Waals surface area contributed by atoms with Crippen LogP contribution in [0.3, 0.4) is 0 Å². The molecule has 2 heterocycles. The van der Waals surface area contributed by atoms with Crippen molar-refractivity contribution in [1.82, 2.24) is 15.3 Å². The average molecular weight is 307 g/mol. The van der Waals surface area contributed by atoms with Gasteiger partial charge in [0.2, 0.25) is 0 Å². The van der Waals surface area contributed by atoms with Gasteiger partial charge in [0.1, 0.15) is 0 Å². The predicted molar refractivity (Wildman–Crippen MR) is 76.1 cm³/mol. The van der Waals surface area contributed by atoms with E-state index in [1.165, 1.54) is 0 Å². The number of nitrogen functional groups attached to an aromatic ring is 1. The first-order chi connectivity index (χ1) is 8.70. The molecule has 0 fully saturated rings. The van der Waals surface area contributed by atoms with Crippen molar-refractivity contribution in [3.8, 4) is 0 Å². The first-order valence-corrected chi connectivity index (χ1v) is 6.47. The summed E-state index contributed by atoms with van der Waals surface area (Å²) >= 11 is 3.38. The van der Waals surface area contributed by atoms with Crippen molar-refractivity contribution in [1.29, 1.82) is 0 Å². The van der Waals surface area contributed by atoms with E-state index in [1.54, 1.807) is 18.6 Å². The highest BCUT2D eigenvalue weighted by Gasteiger charge is 2.13. The van der Waals surface area contributed by atoms with Gasteiger partial charge in [0, 0.05) is 28.8 Å². The Labute approximate surface area is 115 Å². The third-order valence-electron chi connectivity index (χ3n) is 2.82. The van der Waals surface area contributed by atoms with Crippen LogP contribution in [0.25, 0.3) is 0 Å². The van der Waals surface area contributed by atoms with Gasteiger partial charge in [-0.25, -0.2) is 0 Å². The van der Waals surface area contributed by atoms with Crippen LogP contribution >= 0.6 is 15.9 Å². The van der Waals surface area contributed by atoms with E-state index in [0.717, 1.165) is 27.8 Å². The van der Waals surface area contributed by atoms with Crippen LogP contribution in [0.4, 0.5) is 5.69 Å². The number of pyridine rings is 2. The van der Waals surface area contributed by atoms with Gasteiger partial charge < -0.3 is 11.1 Å². The minimum Gasteiger partial charge on any atom is -0.398 e. The van der Waals surface area contributed by atoms with Gasteiger partial charge >= 0.3 is 0 Å². The highest BCUT2D eigenvalue weighted by molar-refractivity contribution is 9.10. The lowest BCUT2D eigenvalue weighted by molar-refractivity contribution is 0.575. The molecule has 0 aliphatic heterocycles. The van der Waals surface area contributed by atoms with Crippen molar-refractivity contribution in [3.63, 3.8) is 0 Å². The number of hydrogen-bond donors (Lipinski definition) is 2. The zero-order valence-electron chi connectivity index (χ0n) is 10.1. The van der Waals surface area contributed by atoms with Crippen molar-refractivity contribution in [2.24, 2.45) is 0 Å². The second kappa shape index (κ2) is 5.93. The van der Waals surface area contributed by atoms with Crippen LogP contribution in [0, 0.1) is 0 Å². The standard InChI is InChI=1S/C13H15BrN4/c1-16-13(12-3-2-10(14)8-18-12)6-9-7-17-5-4-11(9)15/h2-5,7-8,13,16H,6H2,1H3,(H2,15,17). The normalized spacial score (nSPS) is 12.3. The molecule has 0 bridgehead atoms. The Hall–Kier alpha value is -1.46. The monoisotopic (exact) mass is 306 g/mol. The maximum atomic E-state index is 5.93. The molecule has 0 radical (unpaired) electrons. The molecule has 0 aliphatic rings. The van der Waals surface area contributed by atoms with Gasteiger partial charge in [0.15, 0.2) is 0 Å². The van der Waals surface area contributed by atoms with Gasteiger partial charge in [-0.05, 0) is 53.2 Å². The van der Waals surface area contributed by atoms with E-state index in [-0.39, 0.29) is 6.04 Å². The van der Waals surface area contributed by atoms with Gasteiger partial charge in [-0.15, -0.1) is 0 Å². The van der Waals surface area contributed by atoms with Crippen LogP contribution in [0.2, 0.25) is 0 Å². The summed E-state index contributed by atoms with van der Waals surface area (Å²) in [6, 6.07) is 5.93. The second-order valence-electron chi connectivity index (χ2n) is 4.02. The molecule has 0 aliphatic carbocycles. The maximum Gasteiger partial charge on any atom is 0.0577 e. The topological polar surface area (TPSA) is 63.8 Å². The predicted octanol–water partition coefficient (Wildman–Crippen LogP) is 2.32. The fraction of sp³-hybridized carbons (Fsp3) is 0.231. The molecule has 2 aromatic heterocycles. The van der Waals surface area contributed by atoms with E-state index in [2.05, 4.69) is 31.2 Å². The highest BCUT2D eigenvalue weighted by atomic mass is 79.9. The Balaban J connectivity index is 2.20. The van der Waals surface area contributed by atoms with Crippen molar-refractivity contribution in [3.05, 3.63) is 52.5 Å². The van der Waals surface area contributed by atoms with Crippen LogP contribution < -0.4 is 11.1 Å². The molecule has 2 rings (SSSR count). The molecule has 1 unspecified atom stereocenters. The van der Waals surface area contributed by atoms with Crippen molar-refractivity contribution in [2.75, 3.05) is 12.8 Å². The van der Waals surface area contributed by atoms with Crippen LogP contribution in [0.5, 0.6) is 0 Å². The molecular formula is C13H15BrN4. The summed E-state index contributed by atoms with van der Waals surface area (Å²) in [6.07, 6.45) is 6.07. The number of hydrogen-bond acceptors (Lipinski definition) is 4. The number of nitrogens with zero attached hydrogens (tertiary/aromatic N) is 2. The molecule has 0 spiro atoms. The largest absolute Gasteiger partial charge is 0.398 e. The van der Waals surface area contributed by atoms with E-state index < -0.39 is 0 Å². The Kier molecular flexibility index (Phi) is 4.28. The summed E-state index contributed by atoms with van der Waals surface area (Å²) in [4.78, 5) is 8.51. The number of halogens is 1. The Morgan fingerprint density at radius 2 is 2.17 bits per heavy atom. The molecule has 2 aromatic rings. The van der Waals surface area contributed by atoms with E-state index in [1.807, 2.05) is 25.2 Å². The molecule has 3 N–H and O–H groups in total. The summed E-state index contributed by atoms with van der Waals surface area (Å²) in [5.41, 5.74) is 8.72. The SMILES string of the molecule is CNC(Cc1cnccc1N)c1ccc(Br)cn1. The van der Waals surface area contributed by atoms with E-state index >= 15 is 0 Å². The first kappa shape index (κ1) is 13.0. The molecule has 1 atom stereocenters. The zero-order chi connectivity index (χ0) is 13.0. The smallest absolute Gasteiger partial charge is 0.0577 e. The van der Waals surface area contributed by atoms with Crippen LogP contribution in [-0.2, 0) is 6.42 Å². The van der Waals surface area contributed by atoms with Gasteiger partial charge in [-0.3, -0.25) is 9.97 Å². The highest BCUT2D eigenvalue weighted by Crippen LogP contribution is 2.20. The molecule has 0 aromatic carbocycles. The molecule has 0 saturated heterocycles. The minimum atomic E-state index is 0.129. The summed E-state index contributed by atoms with van der Waals surface area (Å²) in [6.45, 7) is 0. The molecule has 0 amide bonds. The summed E-state index contributed by atoms with van der Waals surface area (Å²) in [7, 11) is 1.92. The van der Waals surface area contributed by atoms with Gasteiger partial charge in [0.05, 0.1) is 11.7 Å². The van der Waals surface area contributed by atoms with Crippen molar-refractivity contribution < 1.29 is 0 Å². The minimum absolute atomic E-state index is 0.129. The number of aromatic nitrogens is 2. The third-order valence-corrected chi connectivity index (χ3v) is 3.29. The summed E-state index contributed by atoms with van der Waals surface area (Å²) in [5.74, 6) is 0. The number of rotatable bonds is 4. The number of nitrogens with two attached hydrogens (primary N) is 1.